The smallest absolute Gasteiger partial charge is 0.346 e. The van der Waals surface area contributed by atoms with Gasteiger partial charge >= 0.3 is 11.9 Å². The van der Waals surface area contributed by atoms with Gasteiger partial charge in [0.15, 0.2) is 6.17 Å². The maximum atomic E-state index is 13.8. The van der Waals surface area contributed by atoms with Gasteiger partial charge in [-0.3, -0.25) is 0 Å². The predicted octanol–water partition coefficient (Wildman–Crippen LogP) is 4.59. The number of halogens is 1. The van der Waals surface area contributed by atoms with Gasteiger partial charge < -0.3 is 14.2 Å². The van der Waals surface area contributed by atoms with E-state index >= 15 is 0 Å². The third-order valence-electron chi connectivity index (χ3n) is 4.02. The zero-order valence-electron chi connectivity index (χ0n) is 15.6. The summed E-state index contributed by atoms with van der Waals surface area (Å²) >= 11 is 0. The minimum Gasteiger partial charge on any atom is -0.494 e. The van der Waals surface area contributed by atoms with E-state index in [1.807, 2.05) is 6.92 Å². The zero-order valence-corrected chi connectivity index (χ0v) is 15.6. The number of esters is 2. The highest BCUT2D eigenvalue weighted by Gasteiger charge is 2.25. The second-order valence-corrected chi connectivity index (χ2v) is 6.03. The van der Waals surface area contributed by atoms with E-state index in [0.717, 1.165) is 0 Å². The van der Waals surface area contributed by atoms with Crippen molar-refractivity contribution in [1.82, 2.24) is 0 Å². The molecular formula is C21H23FO5. The molecule has 0 aliphatic rings. The highest BCUT2D eigenvalue weighted by Crippen LogP contribution is 2.21. The lowest BCUT2D eigenvalue weighted by Gasteiger charge is -2.13. The van der Waals surface area contributed by atoms with Crippen LogP contribution in [0.5, 0.6) is 17.2 Å². The fourth-order valence-corrected chi connectivity index (χ4v) is 2.21. The molecule has 0 saturated heterocycles. The largest absolute Gasteiger partial charge is 0.494 e. The number of rotatable bonds is 8. The summed E-state index contributed by atoms with van der Waals surface area (Å²) in [6.07, 6.45) is -1.14. The van der Waals surface area contributed by atoms with Crippen molar-refractivity contribution in [1.29, 1.82) is 0 Å². The van der Waals surface area contributed by atoms with Gasteiger partial charge in [0.2, 0.25) is 0 Å². The minimum atomic E-state index is -1.67. The van der Waals surface area contributed by atoms with Gasteiger partial charge in [-0.2, -0.15) is 0 Å². The molecule has 0 N–H and O–H groups in total. The zero-order chi connectivity index (χ0) is 19.8. The quantitative estimate of drug-likeness (QED) is 0.499. The van der Waals surface area contributed by atoms with Crippen molar-refractivity contribution in [3.05, 3.63) is 54.1 Å². The van der Waals surface area contributed by atoms with Crippen LogP contribution in [0, 0.1) is 5.92 Å². The molecule has 6 heteroatoms. The molecule has 27 heavy (non-hydrogen) atoms. The summed E-state index contributed by atoms with van der Waals surface area (Å²) in [4.78, 5) is 23.9. The topological polar surface area (TPSA) is 61.8 Å². The fourth-order valence-electron chi connectivity index (χ4n) is 2.21. The van der Waals surface area contributed by atoms with Crippen LogP contribution in [0.1, 0.15) is 37.6 Å². The summed E-state index contributed by atoms with van der Waals surface area (Å²) in [5.41, 5.74) is 0.378. The summed E-state index contributed by atoms with van der Waals surface area (Å²) < 4.78 is 29.4. The SMILES string of the molecule is CCOc1ccc(C(=O)Oc2ccc(OC(=O)[C@@H](F)[C@@H](C)CC)cc2)cc1. The van der Waals surface area contributed by atoms with Crippen LogP contribution in [0.2, 0.25) is 0 Å². The molecule has 2 aromatic carbocycles. The molecule has 0 bridgehead atoms. The Labute approximate surface area is 158 Å². The average Bonchev–Trinajstić information content (AvgIpc) is 2.69. The molecule has 0 aliphatic carbocycles. The van der Waals surface area contributed by atoms with Crippen molar-refractivity contribution in [3.63, 3.8) is 0 Å². The molecule has 5 nitrogen and oxygen atoms in total. The fraction of sp³-hybridized carbons (Fsp3) is 0.333. The number of alkyl halides is 1. The van der Waals surface area contributed by atoms with E-state index in [0.29, 0.717) is 24.3 Å². The highest BCUT2D eigenvalue weighted by atomic mass is 19.1. The lowest BCUT2D eigenvalue weighted by Crippen LogP contribution is -2.27. The summed E-state index contributed by atoms with van der Waals surface area (Å²) in [7, 11) is 0. The molecular weight excluding hydrogens is 351 g/mol. The summed E-state index contributed by atoms with van der Waals surface area (Å²) in [6.45, 7) is 5.87. The van der Waals surface area contributed by atoms with E-state index in [9.17, 15) is 14.0 Å². The van der Waals surface area contributed by atoms with Crippen molar-refractivity contribution < 1.29 is 28.2 Å². The Kier molecular flexibility index (Phi) is 7.34. The van der Waals surface area contributed by atoms with Crippen molar-refractivity contribution in [2.45, 2.75) is 33.4 Å². The number of carbonyl (C=O) groups is 2. The maximum Gasteiger partial charge on any atom is 0.346 e. The molecule has 0 heterocycles. The van der Waals surface area contributed by atoms with Crippen LogP contribution >= 0.6 is 0 Å². The van der Waals surface area contributed by atoms with Crippen LogP contribution in [0.4, 0.5) is 4.39 Å². The van der Waals surface area contributed by atoms with E-state index in [1.165, 1.54) is 24.3 Å². The van der Waals surface area contributed by atoms with Gasteiger partial charge in [-0.1, -0.05) is 20.3 Å². The third-order valence-corrected chi connectivity index (χ3v) is 4.02. The lowest BCUT2D eigenvalue weighted by molar-refractivity contribution is -0.141. The average molecular weight is 374 g/mol. The van der Waals surface area contributed by atoms with Crippen molar-refractivity contribution in [3.8, 4) is 17.2 Å². The van der Waals surface area contributed by atoms with Crippen molar-refractivity contribution >= 4 is 11.9 Å². The number of hydrogen-bond donors (Lipinski definition) is 0. The lowest BCUT2D eigenvalue weighted by atomic mass is 10.0. The Balaban J connectivity index is 1.94. The van der Waals surface area contributed by atoms with Gasteiger partial charge in [0.1, 0.15) is 17.2 Å². The first-order valence-electron chi connectivity index (χ1n) is 8.85. The molecule has 0 fully saturated rings. The van der Waals surface area contributed by atoms with Gasteiger partial charge in [-0.05, 0) is 61.4 Å². The second kappa shape index (κ2) is 9.71. The standard InChI is InChI=1S/C21H23FO5/c1-4-14(3)19(22)21(24)27-18-12-10-17(11-13-18)26-20(23)15-6-8-16(9-7-15)25-5-2/h6-14,19H,4-5H2,1-3H3/t14-,19-/m0/s1. The van der Waals surface area contributed by atoms with Gasteiger partial charge in [0, 0.05) is 0 Å². The normalized spacial score (nSPS) is 12.7. The van der Waals surface area contributed by atoms with Crippen LogP contribution < -0.4 is 14.2 Å². The summed E-state index contributed by atoms with van der Waals surface area (Å²) in [6, 6.07) is 12.4. The Morgan fingerprint density at radius 1 is 0.889 bits per heavy atom. The van der Waals surface area contributed by atoms with E-state index in [2.05, 4.69) is 0 Å². The number of ether oxygens (including phenoxy) is 3. The monoisotopic (exact) mass is 374 g/mol. The Morgan fingerprint density at radius 2 is 1.41 bits per heavy atom. The van der Waals surface area contributed by atoms with Crippen molar-refractivity contribution in [2.24, 2.45) is 5.92 Å². The maximum absolute atomic E-state index is 13.8. The van der Waals surface area contributed by atoms with Gasteiger partial charge in [0.25, 0.3) is 0 Å². The number of carbonyl (C=O) groups excluding carboxylic acids is 2. The minimum absolute atomic E-state index is 0.187. The Hall–Kier alpha value is -2.89. The molecule has 0 unspecified atom stereocenters. The molecule has 2 rings (SSSR count). The molecule has 2 atom stereocenters. The Bertz CT molecular complexity index is 755. The van der Waals surface area contributed by atoms with E-state index in [4.69, 9.17) is 14.2 Å². The first-order valence-corrected chi connectivity index (χ1v) is 8.85. The molecule has 0 amide bonds. The molecule has 2 aromatic rings. The first kappa shape index (κ1) is 20.4. The number of hydrogen-bond acceptors (Lipinski definition) is 5. The summed E-state index contributed by atoms with van der Waals surface area (Å²) in [5, 5.41) is 0. The molecule has 0 radical (unpaired) electrons. The second-order valence-electron chi connectivity index (χ2n) is 6.03. The summed E-state index contributed by atoms with van der Waals surface area (Å²) in [5.74, 6) is -0.721. The van der Waals surface area contributed by atoms with Crippen LogP contribution in [-0.4, -0.2) is 24.7 Å². The Morgan fingerprint density at radius 3 is 1.93 bits per heavy atom. The van der Waals surface area contributed by atoms with Crippen LogP contribution in [0.3, 0.4) is 0 Å². The van der Waals surface area contributed by atoms with Crippen LogP contribution in [0.25, 0.3) is 0 Å². The third kappa shape index (κ3) is 5.81. The van der Waals surface area contributed by atoms with Gasteiger partial charge in [-0.25, -0.2) is 14.0 Å². The molecule has 0 aromatic heterocycles. The molecule has 144 valence electrons. The van der Waals surface area contributed by atoms with Crippen molar-refractivity contribution in [2.75, 3.05) is 6.61 Å². The van der Waals surface area contributed by atoms with Gasteiger partial charge in [-0.15, -0.1) is 0 Å². The predicted molar refractivity (Wildman–Crippen MR) is 99.0 cm³/mol. The first-order chi connectivity index (χ1) is 12.9. The van der Waals surface area contributed by atoms with Gasteiger partial charge in [0.05, 0.1) is 12.2 Å². The van der Waals surface area contributed by atoms with Crippen LogP contribution in [-0.2, 0) is 4.79 Å². The molecule has 0 aliphatic heterocycles. The van der Waals surface area contributed by atoms with E-state index in [-0.39, 0.29) is 11.5 Å². The molecule has 0 saturated carbocycles. The van der Waals surface area contributed by atoms with E-state index < -0.39 is 24.0 Å². The van der Waals surface area contributed by atoms with E-state index in [1.54, 1.807) is 38.1 Å². The number of benzene rings is 2. The highest BCUT2D eigenvalue weighted by molar-refractivity contribution is 5.91. The van der Waals surface area contributed by atoms with Crippen LogP contribution in [0.15, 0.2) is 48.5 Å². The molecule has 0 spiro atoms.